The molecule has 0 fully saturated rings. The molecule has 1 aliphatic rings. The molecule has 0 radical (unpaired) electrons. The molecule has 2 atom stereocenters. The van der Waals surface area contributed by atoms with Crippen LogP contribution in [0.5, 0.6) is 0 Å². The monoisotopic (exact) mass is 377 g/mol. The van der Waals surface area contributed by atoms with E-state index in [9.17, 15) is 9.59 Å². The van der Waals surface area contributed by atoms with Gasteiger partial charge in [-0.25, -0.2) is 4.79 Å². The van der Waals surface area contributed by atoms with E-state index < -0.39 is 23.9 Å². The largest absolute Gasteiger partial charge is 0.466 e. The van der Waals surface area contributed by atoms with Crippen LogP contribution in [-0.2, 0) is 23.7 Å². The van der Waals surface area contributed by atoms with Crippen LogP contribution in [-0.4, -0.2) is 44.2 Å². The summed E-state index contributed by atoms with van der Waals surface area (Å²) in [7, 11) is 1.29. The second-order valence-corrected chi connectivity index (χ2v) is 6.14. The first-order valence-electron chi connectivity index (χ1n) is 9.02. The van der Waals surface area contributed by atoms with Crippen molar-refractivity contribution in [3.63, 3.8) is 0 Å². The third-order valence-electron chi connectivity index (χ3n) is 4.46. The Balaban J connectivity index is 2.45. The second kappa shape index (κ2) is 9.01. The summed E-state index contributed by atoms with van der Waals surface area (Å²) < 4.78 is 22.4. The minimum atomic E-state index is -1.40. The number of amides is 1. The zero-order chi connectivity index (χ0) is 20.0. The van der Waals surface area contributed by atoms with Gasteiger partial charge in [-0.15, -0.1) is 0 Å². The average Bonchev–Trinajstić information content (AvgIpc) is 2.66. The van der Waals surface area contributed by atoms with Gasteiger partial charge in [0.25, 0.3) is 5.91 Å². The van der Waals surface area contributed by atoms with Crippen LogP contribution in [0.3, 0.4) is 0 Å². The molecule has 1 heterocycles. The van der Waals surface area contributed by atoms with Gasteiger partial charge in [0.1, 0.15) is 5.76 Å². The number of hydrogen-bond acceptors (Lipinski definition) is 6. The predicted octanol–water partition coefficient (Wildman–Crippen LogP) is 2.63. The molecule has 1 aliphatic heterocycles. The molecular formula is C20H27NO6. The molecule has 1 amide bonds. The predicted molar refractivity (Wildman–Crippen MR) is 98.6 cm³/mol. The summed E-state index contributed by atoms with van der Waals surface area (Å²) in [6.07, 6.45) is 0. The molecule has 1 aromatic carbocycles. The minimum Gasteiger partial charge on any atom is -0.466 e. The van der Waals surface area contributed by atoms with E-state index >= 15 is 0 Å². The van der Waals surface area contributed by atoms with Crippen LogP contribution in [0.1, 0.15) is 38.1 Å². The van der Waals surface area contributed by atoms with Crippen LogP contribution in [0.15, 0.2) is 41.7 Å². The van der Waals surface area contributed by atoms with E-state index in [1.54, 1.807) is 38.1 Å². The van der Waals surface area contributed by atoms with Crippen LogP contribution >= 0.6 is 0 Å². The fraction of sp³-hybridized carbons (Fsp3) is 0.500. The molecule has 2 rings (SSSR count). The highest BCUT2D eigenvalue weighted by molar-refractivity contribution is 5.97. The minimum absolute atomic E-state index is 0.240. The average molecular weight is 377 g/mol. The normalized spacial score (nSPS) is 21.4. The number of methoxy groups -OCH3 is 1. The first-order valence-corrected chi connectivity index (χ1v) is 9.02. The molecule has 0 aromatic heterocycles. The van der Waals surface area contributed by atoms with Gasteiger partial charge in [-0.05, 0) is 32.9 Å². The van der Waals surface area contributed by atoms with Crippen LogP contribution < -0.4 is 5.32 Å². The quantitative estimate of drug-likeness (QED) is 0.581. The highest BCUT2D eigenvalue weighted by atomic mass is 16.9. The summed E-state index contributed by atoms with van der Waals surface area (Å²) in [6.45, 7) is 7.75. The number of carbonyl (C=O) groups is 2. The SMILES string of the molecule is CCOC1(OCC)OC(C)=C(C(=O)OC)[C@H](NC(=O)c2ccccc2)[C@@H]1C. The first kappa shape index (κ1) is 20.9. The lowest BCUT2D eigenvalue weighted by Gasteiger charge is -2.45. The number of rotatable bonds is 7. The van der Waals surface area contributed by atoms with E-state index in [0.717, 1.165) is 0 Å². The Morgan fingerprint density at radius 2 is 1.74 bits per heavy atom. The standard InChI is InChI=1S/C20H27NO6/c1-6-25-20(26-7-2)13(3)17(16(14(4)27-20)19(23)24-5)21-18(22)15-11-9-8-10-12-15/h8-13,17H,6-7H2,1-5H3,(H,21,22)/t13-,17+/m0/s1. The van der Waals surface area contributed by atoms with Crippen LogP contribution in [0.2, 0.25) is 0 Å². The molecule has 0 unspecified atom stereocenters. The zero-order valence-corrected chi connectivity index (χ0v) is 16.4. The van der Waals surface area contributed by atoms with Crippen molar-refractivity contribution in [2.75, 3.05) is 20.3 Å². The van der Waals surface area contributed by atoms with Gasteiger partial charge < -0.3 is 24.3 Å². The highest BCUT2D eigenvalue weighted by Crippen LogP contribution is 2.39. The molecular weight excluding hydrogens is 350 g/mol. The number of hydrogen-bond donors (Lipinski definition) is 1. The molecule has 0 spiro atoms. The number of carbonyl (C=O) groups excluding carboxylic acids is 2. The topological polar surface area (TPSA) is 83.1 Å². The molecule has 27 heavy (non-hydrogen) atoms. The zero-order valence-electron chi connectivity index (χ0n) is 16.4. The van der Waals surface area contributed by atoms with E-state index in [0.29, 0.717) is 24.5 Å². The molecule has 1 aromatic rings. The van der Waals surface area contributed by atoms with Crippen molar-refractivity contribution in [1.82, 2.24) is 5.32 Å². The maximum absolute atomic E-state index is 12.7. The Bertz CT molecular complexity index is 694. The van der Waals surface area contributed by atoms with E-state index in [4.69, 9.17) is 18.9 Å². The lowest BCUT2D eigenvalue weighted by Crippen LogP contribution is -2.58. The fourth-order valence-electron chi connectivity index (χ4n) is 3.19. The summed E-state index contributed by atoms with van der Waals surface area (Å²) >= 11 is 0. The van der Waals surface area contributed by atoms with Gasteiger partial charge in [-0.2, -0.15) is 0 Å². The summed E-state index contributed by atoms with van der Waals surface area (Å²) in [5.74, 6) is -2.51. The molecule has 0 saturated carbocycles. The number of allylic oxidation sites excluding steroid dienone is 1. The van der Waals surface area contributed by atoms with E-state index in [1.165, 1.54) is 7.11 Å². The van der Waals surface area contributed by atoms with Crippen LogP contribution in [0.25, 0.3) is 0 Å². The fourth-order valence-corrected chi connectivity index (χ4v) is 3.19. The number of benzene rings is 1. The molecule has 0 bridgehead atoms. The summed E-state index contributed by atoms with van der Waals surface area (Å²) in [4.78, 5) is 25.1. The van der Waals surface area contributed by atoms with Crippen molar-refractivity contribution in [1.29, 1.82) is 0 Å². The Morgan fingerprint density at radius 3 is 2.26 bits per heavy atom. The number of nitrogens with one attached hydrogen (secondary N) is 1. The smallest absolute Gasteiger partial charge is 0.339 e. The van der Waals surface area contributed by atoms with Crippen molar-refractivity contribution in [2.45, 2.75) is 39.7 Å². The highest BCUT2D eigenvalue weighted by Gasteiger charge is 2.52. The maximum Gasteiger partial charge on any atom is 0.339 e. The van der Waals surface area contributed by atoms with Gasteiger partial charge in [-0.3, -0.25) is 4.79 Å². The van der Waals surface area contributed by atoms with Gasteiger partial charge in [0.2, 0.25) is 0 Å². The van der Waals surface area contributed by atoms with Crippen LogP contribution in [0, 0.1) is 5.92 Å². The van der Waals surface area contributed by atoms with Gasteiger partial charge in [0.15, 0.2) is 0 Å². The Hall–Kier alpha value is -2.38. The van der Waals surface area contributed by atoms with Crippen molar-refractivity contribution >= 4 is 11.9 Å². The lowest BCUT2D eigenvalue weighted by molar-refractivity contribution is -0.393. The van der Waals surface area contributed by atoms with Crippen LogP contribution in [0.4, 0.5) is 0 Å². The molecule has 0 aliphatic carbocycles. The molecule has 7 nitrogen and oxygen atoms in total. The third kappa shape index (κ3) is 4.31. The Labute approximate surface area is 159 Å². The van der Waals surface area contributed by atoms with Crippen molar-refractivity contribution in [2.24, 2.45) is 5.92 Å². The van der Waals surface area contributed by atoms with E-state index in [2.05, 4.69) is 5.32 Å². The van der Waals surface area contributed by atoms with Gasteiger partial charge >= 0.3 is 11.9 Å². The third-order valence-corrected chi connectivity index (χ3v) is 4.46. The van der Waals surface area contributed by atoms with Gasteiger partial charge in [-0.1, -0.05) is 25.1 Å². The summed E-state index contributed by atoms with van der Waals surface area (Å²) in [5.41, 5.74) is 0.723. The van der Waals surface area contributed by atoms with E-state index in [1.807, 2.05) is 19.9 Å². The second-order valence-electron chi connectivity index (χ2n) is 6.14. The summed E-state index contributed by atoms with van der Waals surface area (Å²) in [5, 5.41) is 2.91. The van der Waals surface area contributed by atoms with Gasteiger partial charge in [0.05, 0.1) is 37.9 Å². The maximum atomic E-state index is 12.7. The van der Waals surface area contributed by atoms with Crippen molar-refractivity contribution < 1.29 is 28.5 Å². The molecule has 148 valence electrons. The van der Waals surface area contributed by atoms with E-state index in [-0.39, 0.29) is 11.5 Å². The van der Waals surface area contributed by atoms with Gasteiger partial charge in [0, 0.05) is 5.56 Å². The molecule has 7 heteroatoms. The van der Waals surface area contributed by atoms with Crippen molar-refractivity contribution in [3.8, 4) is 0 Å². The number of ether oxygens (including phenoxy) is 4. The van der Waals surface area contributed by atoms with Crippen molar-refractivity contribution in [3.05, 3.63) is 47.2 Å². The summed E-state index contributed by atoms with van der Waals surface area (Å²) in [6, 6.07) is 8.06. The Morgan fingerprint density at radius 1 is 1.15 bits per heavy atom. The first-order chi connectivity index (χ1) is 12.9. The lowest BCUT2D eigenvalue weighted by atomic mass is 9.88. The molecule has 0 saturated heterocycles. The molecule has 1 N–H and O–H groups in total. The number of esters is 1. The Kier molecular flexibility index (Phi) is 6.98.